The number of aromatic nitrogens is 2. The van der Waals surface area contributed by atoms with E-state index >= 15 is 0 Å². The third-order valence-corrected chi connectivity index (χ3v) is 4.47. The van der Waals surface area contributed by atoms with Gasteiger partial charge in [0.05, 0.1) is 38.2 Å². The van der Waals surface area contributed by atoms with Crippen LogP contribution in [0.1, 0.15) is 5.56 Å². The summed E-state index contributed by atoms with van der Waals surface area (Å²) in [5.41, 5.74) is -0.995. The molecule has 2 heterocycles. The number of nitrogens with zero attached hydrogens (tertiary/aromatic N) is 3. The summed E-state index contributed by atoms with van der Waals surface area (Å²) in [5, 5.41) is 18.4. The summed E-state index contributed by atoms with van der Waals surface area (Å²) in [7, 11) is 0. The van der Waals surface area contributed by atoms with Crippen LogP contribution in [0.5, 0.6) is 5.88 Å². The maximum absolute atomic E-state index is 12.4. The van der Waals surface area contributed by atoms with E-state index in [0.29, 0.717) is 32.0 Å². The minimum absolute atomic E-state index is 0.0750. The van der Waals surface area contributed by atoms with Crippen LogP contribution in [0.4, 0.5) is 0 Å². The molecule has 0 amide bonds. The van der Waals surface area contributed by atoms with Crippen molar-refractivity contribution in [2.75, 3.05) is 26.3 Å². The molecule has 3 aromatic rings. The average molecular weight is 366 g/mol. The van der Waals surface area contributed by atoms with Gasteiger partial charge in [0.25, 0.3) is 5.56 Å². The molecule has 0 unspecified atom stereocenters. The van der Waals surface area contributed by atoms with Crippen LogP contribution in [-0.2, 0) is 4.74 Å². The van der Waals surface area contributed by atoms with Gasteiger partial charge in [0.2, 0.25) is 5.88 Å². The molecule has 0 bridgehead atoms. The predicted molar refractivity (Wildman–Crippen MR) is 102 cm³/mol. The fourth-order valence-corrected chi connectivity index (χ4v) is 3.09. The van der Waals surface area contributed by atoms with Crippen LogP contribution in [0.25, 0.3) is 16.5 Å². The molecule has 1 fully saturated rings. The number of hydrogen-bond donors (Lipinski definition) is 2. The number of aromatic hydroxyl groups is 1. The Morgan fingerprint density at radius 2 is 1.81 bits per heavy atom. The predicted octanol–water partition coefficient (Wildman–Crippen LogP) is 1.05. The van der Waals surface area contributed by atoms with E-state index in [1.165, 1.54) is 6.21 Å². The minimum Gasteiger partial charge on any atom is -0.493 e. The Balaban J connectivity index is 1.85. The van der Waals surface area contributed by atoms with Crippen LogP contribution in [-0.4, -0.2) is 52.2 Å². The van der Waals surface area contributed by atoms with Gasteiger partial charge in [-0.05, 0) is 11.5 Å². The minimum atomic E-state index is -0.711. The van der Waals surface area contributed by atoms with Crippen molar-refractivity contribution in [1.29, 1.82) is 0 Å². The van der Waals surface area contributed by atoms with Crippen molar-refractivity contribution < 1.29 is 9.84 Å². The Morgan fingerprint density at radius 3 is 2.63 bits per heavy atom. The number of hydrogen-bond acceptors (Lipinski definition) is 6. The zero-order valence-electron chi connectivity index (χ0n) is 14.5. The molecule has 1 saturated heterocycles. The molecule has 2 N–H and O–H groups in total. The molecule has 1 aromatic heterocycles. The van der Waals surface area contributed by atoms with Crippen molar-refractivity contribution in [3.8, 4) is 11.6 Å². The second kappa shape index (κ2) is 7.08. The van der Waals surface area contributed by atoms with Gasteiger partial charge in [0.1, 0.15) is 5.56 Å². The molecule has 2 aromatic carbocycles. The fraction of sp³-hybridized carbons (Fsp3) is 0.211. The van der Waals surface area contributed by atoms with E-state index in [9.17, 15) is 14.7 Å². The van der Waals surface area contributed by atoms with Gasteiger partial charge in [-0.15, -0.1) is 0 Å². The number of benzene rings is 2. The first-order valence-electron chi connectivity index (χ1n) is 8.58. The second-order valence-corrected chi connectivity index (χ2v) is 6.14. The molecule has 0 atom stereocenters. The first kappa shape index (κ1) is 17.0. The number of rotatable bonds is 3. The van der Waals surface area contributed by atoms with Crippen LogP contribution < -0.4 is 11.2 Å². The first-order valence-corrected chi connectivity index (χ1v) is 8.58. The summed E-state index contributed by atoms with van der Waals surface area (Å²) in [4.78, 5) is 26.9. The molecule has 8 heteroatoms. The number of nitrogens with one attached hydrogen (secondary N) is 1. The Hall–Kier alpha value is -3.39. The van der Waals surface area contributed by atoms with Gasteiger partial charge in [0, 0.05) is 5.39 Å². The smallest absolute Gasteiger partial charge is 0.335 e. The number of aromatic amines is 1. The van der Waals surface area contributed by atoms with E-state index in [2.05, 4.69) is 10.1 Å². The van der Waals surface area contributed by atoms with Gasteiger partial charge in [-0.2, -0.15) is 5.10 Å². The number of fused-ring (bicyclic) bond motifs is 1. The maximum Gasteiger partial charge on any atom is 0.335 e. The summed E-state index contributed by atoms with van der Waals surface area (Å²) in [5.74, 6) is -0.447. The standard InChI is InChI=1S/C19H18N4O4/c24-17-15(12-20-22-8-10-27-11-9-22)18(25)23(19(26)21-17)16-7-3-5-13-4-1-2-6-14(13)16/h1-7,12,25H,8-11H2,(H,21,24,26)/b20-12+. The monoisotopic (exact) mass is 366 g/mol. The lowest BCUT2D eigenvalue weighted by Gasteiger charge is -2.23. The molecule has 1 aliphatic heterocycles. The van der Waals surface area contributed by atoms with E-state index in [-0.39, 0.29) is 5.56 Å². The molecule has 0 spiro atoms. The highest BCUT2D eigenvalue weighted by Crippen LogP contribution is 2.24. The average Bonchev–Trinajstić information content (AvgIpc) is 2.68. The van der Waals surface area contributed by atoms with Crippen LogP contribution >= 0.6 is 0 Å². The summed E-state index contributed by atoms with van der Waals surface area (Å²) in [6.45, 7) is 2.29. The van der Waals surface area contributed by atoms with Gasteiger partial charge in [-0.1, -0.05) is 36.4 Å². The van der Waals surface area contributed by atoms with Crippen molar-refractivity contribution in [3.63, 3.8) is 0 Å². The molecule has 0 aliphatic carbocycles. The van der Waals surface area contributed by atoms with Crippen molar-refractivity contribution in [2.24, 2.45) is 5.10 Å². The van der Waals surface area contributed by atoms with E-state index in [0.717, 1.165) is 15.3 Å². The fourth-order valence-electron chi connectivity index (χ4n) is 3.09. The lowest BCUT2D eigenvalue weighted by molar-refractivity contribution is 0.0396. The van der Waals surface area contributed by atoms with E-state index in [1.54, 1.807) is 17.1 Å². The molecule has 0 radical (unpaired) electrons. The van der Waals surface area contributed by atoms with Gasteiger partial charge in [0.15, 0.2) is 0 Å². The van der Waals surface area contributed by atoms with Crippen molar-refractivity contribution >= 4 is 17.0 Å². The van der Waals surface area contributed by atoms with Gasteiger partial charge < -0.3 is 9.84 Å². The first-order chi connectivity index (χ1) is 13.1. The van der Waals surface area contributed by atoms with Crippen molar-refractivity contribution in [2.45, 2.75) is 0 Å². The number of H-pyrrole nitrogens is 1. The van der Waals surface area contributed by atoms with E-state index in [4.69, 9.17) is 4.74 Å². The van der Waals surface area contributed by atoms with Crippen LogP contribution in [0.2, 0.25) is 0 Å². The number of ether oxygens (including phenoxy) is 1. The number of hydrazone groups is 1. The zero-order valence-corrected chi connectivity index (χ0v) is 14.5. The zero-order chi connectivity index (χ0) is 18.8. The molecule has 1 aliphatic rings. The quantitative estimate of drug-likeness (QED) is 0.675. The Bertz CT molecular complexity index is 1120. The van der Waals surface area contributed by atoms with Gasteiger partial charge in [-0.3, -0.25) is 14.8 Å². The van der Waals surface area contributed by atoms with Gasteiger partial charge >= 0.3 is 5.69 Å². The summed E-state index contributed by atoms with van der Waals surface area (Å²) >= 11 is 0. The molecule has 8 nitrogen and oxygen atoms in total. The molecule has 138 valence electrons. The molecular formula is C19H18N4O4. The third kappa shape index (κ3) is 3.22. The van der Waals surface area contributed by atoms with E-state index < -0.39 is 17.1 Å². The Labute approximate surface area is 153 Å². The molecule has 0 saturated carbocycles. The summed E-state index contributed by atoms with van der Waals surface area (Å²) in [6.07, 6.45) is 1.28. The molecule has 4 rings (SSSR count). The van der Waals surface area contributed by atoms with Crippen molar-refractivity contribution in [1.82, 2.24) is 14.6 Å². The molecule has 27 heavy (non-hydrogen) atoms. The van der Waals surface area contributed by atoms with Gasteiger partial charge in [-0.25, -0.2) is 9.36 Å². The highest BCUT2D eigenvalue weighted by atomic mass is 16.5. The highest BCUT2D eigenvalue weighted by molar-refractivity contribution is 5.91. The number of morpholine rings is 1. The normalized spacial score (nSPS) is 14.9. The maximum atomic E-state index is 12.4. The SMILES string of the molecule is O=c1[nH]c(=O)n(-c2cccc3ccccc23)c(O)c1/C=N/N1CCOCC1. The van der Waals surface area contributed by atoms with Crippen LogP contribution in [0.15, 0.2) is 57.2 Å². The highest BCUT2D eigenvalue weighted by Gasteiger charge is 2.16. The largest absolute Gasteiger partial charge is 0.493 e. The van der Waals surface area contributed by atoms with E-state index in [1.807, 2.05) is 30.3 Å². The summed E-state index contributed by atoms with van der Waals surface area (Å²) in [6, 6.07) is 12.9. The Morgan fingerprint density at radius 1 is 1.07 bits per heavy atom. The lowest BCUT2D eigenvalue weighted by Crippen LogP contribution is -2.34. The molecular weight excluding hydrogens is 348 g/mol. The second-order valence-electron chi connectivity index (χ2n) is 6.14. The Kier molecular flexibility index (Phi) is 4.47. The van der Waals surface area contributed by atoms with Crippen LogP contribution in [0, 0.1) is 0 Å². The third-order valence-electron chi connectivity index (χ3n) is 4.47. The lowest BCUT2D eigenvalue weighted by atomic mass is 10.1. The van der Waals surface area contributed by atoms with Crippen LogP contribution in [0.3, 0.4) is 0 Å². The topological polar surface area (TPSA) is 99.9 Å². The summed E-state index contributed by atoms with van der Waals surface area (Å²) < 4.78 is 6.34. The van der Waals surface area contributed by atoms with Crippen molar-refractivity contribution in [3.05, 3.63) is 68.9 Å².